The Labute approximate surface area is 166 Å². The SMILES string of the molecule is CCOc1ccc(C(=O)NCc2nnc(C(=O)Nc3ccc(C)cc3)s2)cc1. The third kappa shape index (κ3) is 5.14. The number of ether oxygens (including phenoxy) is 1. The van der Waals surface area contributed by atoms with Crippen molar-refractivity contribution < 1.29 is 14.3 Å². The minimum atomic E-state index is -0.328. The third-order valence-electron chi connectivity index (χ3n) is 3.80. The van der Waals surface area contributed by atoms with Crippen LogP contribution in [0.4, 0.5) is 5.69 Å². The topological polar surface area (TPSA) is 93.2 Å². The van der Waals surface area contributed by atoms with E-state index >= 15 is 0 Å². The van der Waals surface area contributed by atoms with Crippen molar-refractivity contribution in [2.24, 2.45) is 0 Å². The summed E-state index contributed by atoms with van der Waals surface area (Å²) in [5.41, 5.74) is 2.32. The fourth-order valence-corrected chi connectivity index (χ4v) is 3.04. The molecule has 2 amide bonds. The summed E-state index contributed by atoms with van der Waals surface area (Å²) < 4.78 is 5.36. The maximum Gasteiger partial charge on any atom is 0.286 e. The van der Waals surface area contributed by atoms with Gasteiger partial charge >= 0.3 is 0 Å². The van der Waals surface area contributed by atoms with Gasteiger partial charge in [-0.2, -0.15) is 0 Å². The molecule has 28 heavy (non-hydrogen) atoms. The van der Waals surface area contributed by atoms with Crippen molar-refractivity contribution in [3.63, 3.8) is 0 Å². The highest BCUT2D eigenvalue weighted by molar-refractivity contribution is 7.13. The fourth-order valence-electron chi connectivity index (χ4n) is 2.37. The molecule has 0 saturated heterocycles. The van der Waals surface area contributed by atoms with Gasteiger partial charge in [0.2, 0.25) is 5.01 Å². The highest BCUT2D eigenvalue weighted by atomic mass is 32.1. The zero-order chi connectivity index (χ0) is 19.9. The first-order valence-electron chi connectivity index (χ1n) is 8.76. The normalized spacial score (nSPS) is 10.4. The Morgan fingerprint density at radius 2 is 1.71 bits per heavy atom. The molecule has 3 aromatic rings. The number of carbonyl (C=O) groups excluding carboxylic acids is 2. The van der Waals surface area contributed by atoms with Crippen molar-refractivity contribution in [3.8, 4) is 5.75 Å². The number of carbonyl (C=O) groups is 2. The molecule has 0 radical (unpaired) electrons. The van der Waals surface area contributed by atoms with Gasteiger partial charge in [0.05, 0.1) is 13.2 Å². The molecule has 3 rings (SSSR count). The fraction of sp³-hybridized carbons (Fsp3) is 0.200. The number of nitrogens with zero attached hydrogens (tertiary/aromatic N) is 2. The van der Waals surface area contributed by atoms with Crippen LogP contribution in [0.1, 0.15) is 37.7 Å². The van der Waals surface area contributed by atoms with Gasteiger partial charge in [-0.15, -0.1) is 10.2 Å². The molecule has 0 bridgehead atoms. The van der Waals surface area contributed by atoms with Gasteiger partial charge in [-0.3, -0.25) is 9.59 Å². The summed E-state index contributed by atoms with van der Waals surface area (Å²) in [6.07, 6.45) is 0. The molecule has 144 valence electrons. The lowest BCUT2D eigenvalue weighted by atomic mass is 10.2. The number of hydrogen-bond donors (Lipinski definition) is 2. The first-order chi connectivity index (χ1) is 13.5. The summed E-state index contributed by atoms with van der Waals surface area (Å²) in [5, 5.41) is 14.2. The Bertz CT molecular complexity index is 952. The molecule has 1 aromatic heterocycles. The maximum absolute atomic E-state index is 12.3. The minimum absolute atomic E-state index is 0.196. The smallest absolute Gasteiger partial charge is 0.286 e. The van der Waals surface area contributed by atoms with Crippen LogP contribution in [0.2, 0.25) is 0 Å². The van der Waals surface area contributed by atoms with Gasteiger partial charge in [-0.05, 0) is 50.2 Å². The second-order valence-electron chi connectivity index (χ2n) is 5.96. The average Bonchev–Trinajstić information content (AvgIpc) is 3.18. The molecule has 0 fully saturated rings. The second kappa shape index (κ2) is 9.09. The molecule has 0 saturated carbocycles. The van der Waals surface area contributed by atoms with Gasteiger partial charge in [0.1, 0.15) is 10.8 Å². The number of aryl methyl sites for hydroxylation is 1. The largest absolute Gasteiger partial charge is 0.494 e. The van der Waals surface area contributed by atoms with E-state index in [1.165, 1.54) is 0 Å². The van der Waals surface area contributed by atoms with Gasteiger partial charge < -0.3 is 15.4 Å². The van der Waals surface area contributed by atoms with Crippen LogP contribution in [0.3, 0.4) is 0 Å². The molecule has 0 atom stereocenters. The molecule has 2 N–H and O–H groups in total. The Kier molecular flexibility index (Phi) is 6.33. The van der Waals surface area contributed by atoms with Crippen LogP contribution < -0.4 is 15.4 Å². The van der Waals surface area contributed by atoms with E-state index in [0.717, 1.165) is 16.9 Å². The Morgan fingerprint density at radius 1 is 1.00 bits per heavy atom. The summed E-state index contributed by atoms with van der Waals surface area (Å²) >= 11 is 1.14. The predicted octanol–water partition coefficient (Wildman–Crippen LogP) is 3.43. The van der Waals surface area contributed by atoms with Gasteiger partial charge in [0.25, 0.3) is 11.8 Å². The molecule has 0 spiro atoms. The highest BCUT2D eigenvalue weighted by Crippen LogP contribution is 2.15. The van der Waals surface area contributed by atoms with Crippen molar-refractivity contribution in [1.29, 1.82) is 0 Å². The van der Waals surface area contributed by atoms with Gasteiger partial charge in [-0.25, -0.2) is 0 Å². The van der Waals surface area contributed by atoms with E-state index in [4.69, 9.17) is 4.74 Å². The van der Waals surface area contributed by atoms with Crippen molar-refractivity contribution in [1.82, 2.24) is 15.5 Å². The molecule has 8 heteroatoms. The van der Waals surface area contributed by atoms with Crippen molar-refractivity contribution >= 4 is 28.8 Å². The summed E-state index contributed by atoms with van der Waals surface area (Å²) in [6, 6.07) is 14.4. The zero-order valence-corrected chi connectivity index (χ0v) is 16.4. The lowest BCUT2D eigenvalue weighted by Gasteiger charge is -2.05. The van der Waals surface area contributed by atoms with Crippen molar-refractivity contribution in [2.75, 3.05) is 11.9 Å². The van der Waals surface area contributed by atoms with Crippen LogP contribution in [-0.2, 0) is 6.54 Å². The summed E-state index contributed by atoms with van der Waals surface area (Å²) in [7, 11) is 0. The molecule has 2 aromatic carbocycles. The maximum atomic E-state index is 12.3. The zero-order valence-electron chi connectivity index (χ0n) is 15.6. The second-order valence-corrected chi connectivity index (χ2v) is 7.02. The van der Waals surface area contributed by atoms with Crippen LogP contribution in [0.15, 0.2) is 48.5 Å². The number of aromatic nitrogens is 2. The average molecular weight is 396 g/mol. The van der Waals surface area contributed by atoms with Crippen LogP contribution in [0, 0.1) is 6.92 Å². The first-order valence-corrected chi connectivity index (χ1v) is 9.58. The lowest BCUT2D eigenvalue weighted by Crippen LogP contribution is -2.22. The van der Waals surface area contributed by atoms with Crippen LogP contribution >= 0.6 is 11.3 Å². The van der Waals surface area contributed by atoms with E-state index < -0.39 is 0 Å². The lowest BCUT2D eigenvalue weighted by molar-refractivity contribution is 0.0949. The monoisotopic (exact) mass is 396 g/mol. The van der Waals surface area contributed by atoms with Crippen LogP contribution in [0.5, 0.6) is 5.75 Å². The number of amides is 2. The van der Waals surface area contributed by atoms with E-state index in [-0.39, 0.29) is 23.4 Å². The Hall–Kier alpha value is -3.26. The first kappa shape index (κ1) is 19.5. The van der Waals surface area contributed by atoms with E-state index in [1.807, 2.05) is 38.1 Å². The molecule has 0 unspecified atom stereocenters. The standard InChI is InChI=1S/C20H20N4O3S/c1-3-27-16-10-6-14(7-11-16)18(25)21-12-17-23-24-20(28-17)19(26)22-15-8-4-13(2)5-9-15/h4-11H,3,12H2,1-2H3,(H,21,25)(H,22,26). The van der Waals surface area contributed by atoms with Gasteiger partial charge in [-0.1, -0.05) is 29.0 Å². The van der Waals surface area contributed by atoms with E-state index in [1.54, 1.807) is 24.3 Å². The number of anilines is 1. The minimum Gasteiger partial charge on any atom is -0.494 e. The Balaban J connectivity index is 1.54. The third-order valence-corrected chi connectivity index (χ3v) is 4.72. The molecule has 0 aliphatic rings. The number of rotatable bonds is 7. The number of benzene rings is 2. The van der Waals surface area contributed by atoms with E-state index in [2.05, 4.69) is 20.8 Å². The number of hydrogen-bond acceptors (Lipinski definition) is 6. The molecule has 7 nitrogen and oxygen atoms in total. The number of nitrogens with one attached hydrogen (secondary N) is 2. The highest BCUT2D eigenvalue weighted by Gasteiger charge is 2.14. The van der Waals surface area contributed by atoms with Gasteiger partial charge in [0.15, 0.2) is 0 Å². The summed E-state index contributed by atoms with van der Waals surface area (Å²) in [6.45, 7) is 4.65. The molecule has 1 heterocycles. The van der Waals surface area contributed by atoms with Crippen LogP contribution in [0.25, 0.3) is 0 Å². The predicted molar refractivity (Wildman–Crippen MR) is 108 cm³/mol. The van der Waals surface area contributed by atoms with E-state index in [9.17, 15) is 9.59 Å². The van der Waals surface area contributed by atoms with Gasteiger partial charge in [0, 0.05) is 11.3 Å². The molecular formula is C20H20N4O3S. The quantitative estimate of drug-likeness (QED) is 0.638. The van der Waals surface area contributed by atoms with Crippen molar-refractivity contribution in [3.05, 3.63) is 69.7 Å². The van der Waals surface area contributed by atoms with Crippen molar-refractivity contribution in [2.45, 2.75) is 20.4 Å². The molecule has 0 aliphatic carbocycles. The molecular weight excluding hydrogens is 376 g/mol. The Morgan fingerprint density at radius 3 is 2.39 bits per heavy atom. The molecule has 0 aliphatic heterocycles. The summed E-state index contributed by atoms with van der Waals surface area (Å²) in [5.74, 6) is 0.154. The van der Waals surface area contributed by atoms with Crippen LogP contribution in [-0.4, -0.2) is 28.6 Å². The van der Waals surface area contributed by atoms with E-state index in [0.29, 0.717) is 28.6 Å². The summed E-state index contributed by atoms with van der Waals surface area (Å²) in [4.78, 5) is 24.5.